The fourth-order valence-corrected chi connectivity index (χ4v) is 1.77. The topological polar surface area (TPSA) is 71.7 Å². The molecule has 7 heteroatoms. The summed E-state index contributed by atoms with van der Waals surface area (Å²) in [5.74, 6) is -1.66. The Labute approximate surface area is 112 Å². The number of hydrogen-bond donors (Lipinski definition) is 2. The van der Waals surface area contributed by atoms with Crippen molar-refractivity contribution >= 4 is 29.2 Å². The fraction of sp³-hybridized carbons (Fsp3) is 0. The lowest BCUT2D eigenvalue weighted by molar-refractivity contribution is 0.0382. The van der Waals surface area contributed by atoms with Gasteiger partial charge in [-0.2, -0.15) is 0 Å². The molecular formula is C11H7Cl2NO4. The first-order valence-corrected chi connectivity index (χ1v) is 5.52. The zero-order valence-electron chi connectivity index (χ0n) is 8.80. The molecule has 1 aromatic carbocycles. The van der Waals surface area contributed by atoms with Crippen LogP contribution < -0.4 is 4.84 Å². The molecule has 2 aromatic rings. The summed E-state index contributed by atoms with van der Waals surface area (Å²) < 4.78 is 0.577. The van der Waals surface area contributed by atoms with Crippen LogP contribution in [0.25, 0.3) is 0 Å². The van der Waals surface area contributed by atoms with E-state index < -0.39 is 17.7 Å². The van der Waals surface area contributed by atoms with Crippen molar-refractivity contribution in [3.63, 3.8) is 0 Å². The third-order valence-electron chi connectivity index (χ3n) is 2.12. The van der Waals surface area contributed by atoms with Crippen LogP contribution in [0.2, 0.25) is 10.0 Å². The molecule has 0 spiro atoms. The van der Waals surface area contributed by atoms with Crippen LogP contribution in [-0.4, -0.2) is 20.9 Å². The lowest BCUT2D eigenvalue weighted by Crippen LogP contribution is -2.19. The molecular weight excluding hydrogens is 281 g/mol. The predicted octanol–water partition coefficient (Wildman–Crippen LogP) is 2.48. The molecule has 1 heterocycles. The van der Waals surface area contributed by atoms with Crippen molar-refractivity contribution in [1.82, 2.24) is 4.73 Å². The van der Waals surface area contributed by atoms with Gasteiger partial charge in [-0.3, -0.25) is 0 Å². The van der Waals surface area contributed by atoms with Gasteiger partial charge >= 0.3 is 5.97 Å². The van der Waals surface area contributed by atoms with E-state index in [1.54, 1.807) is 0 Å². The molecule has 0 saturated carbocycles. The van der Waals surface area contributed by atoms with Gasteiger partial charge in [0, 0.05) is 17.2 Å². The van der Waals surface area contributed by atoms with E-state index in [2.05, 4.69) is 0 Å². The smallest absolute Gasteiger partial charge is 0.365 e. The Bertz CT molecular complexity index is 590. The van der Waals surface area contributed by atoms with Crippen molar-refractivity contribution in [2.75, 3.05) is 0 Å². The molecule has 0 amide bonds. The largest absolute Gasteiger partial charge is 0.492 e. The van der Waals surface area contributed by atoms with E-state index in [9.17, 15) is 15.0 Å². The molecule has 0 atom stereocenters. The Morgan fingerprint density at radius 3 is 2.28 bits per heavy atom. The first kappa shape index (κ1) is 12.6. The van der Waals surface area contributed by atoms with E-state index in [0.717, 1.165) is 0 Å². The number of halogens is 2. The minimum absolute atomic E-state index is 0.0635. The molecule has 0 unspecified atom stereocenters. The van der Waals surface area contributed by atoms with Crippen LogP contribution in [0.3, 0.4) is 0 Å². The summed E-state index contributed by atoms with van der Waals surface area (Å²) >= 11 is 11.5. The molecule has 0 saturated heterocycles. The van der Waals surface area contributed by atoms with Gasteiger partial charge in [0.2, 0.25) is 11.8 Å². The summed E-state index contributed by atoms with van der Waals surface area (Å²) in [6, 6.07) is 6.58. The van der Waals surface area contributed by atoms with Gasteiger partial charge in [-0.1, -0.05) is 23.2 Å². The second kappa shape index (κ2) is 4.80. The van der Waals surface area contributed by atoms with E-state index >= 15 is 0 Å². The Morgan fingerprint density at radius 2 is 1.72 bits per heavy atom. The Morgan fingerprint density at radius 1 is 1.11 bits per heavy atom. The Balaban J connectivity index is 2.28. The second-order valence-corrected chi connectivity index (χ2v) is 4.19. The van der Waals surface area contributed by atoms with Crippen LogP contribution >= 0.6 is 23.2 Å². The number of nitrogens with zero attached hydrogens (tertiary/aromatic N) is 1. The average molecular weight is 288 g/mol. The molecule has 2 rings (SSSR count). The predicted molar refractivity (Wildman–Crippen MR) is 65.1 cm³/mol. The molecule has 0 aliphatic carbocycles. The molecule has 0 fully saturated rings. The SMILES string of the molecule is O=C(On1c(O)ccc1O)c1ccc(Cl)cc1Cl. The highest BCUT2D eigenvalue weighted by molar-refractivity contribution is 6.36. The van der Waals surface area contributed by atoms with Gasteiger partial charge in [0.1, 0.15) is 0 Å². The van der Waals surface area contributed by atoms with E-state index in [-0.39, 0.29) is 10.6 Å². The van der Waals surface area contributed by atoms with Crippen LogP contribution in [0, 0.1) is 0 Å². The Kier molecular flexibility index (Phi) is 3.36. The molecule has 18 heavy (non-hydrogen) atoms. The summed E-state index contributed by atoms with van der Waals surface area (Å²) in [6.45, 7) is 0. The van der Waals surface area contributed by atoms with Gasteiger partial charge in [-0.15, -0.1) is 4.73 Å². The van der Waals surface area contributed by atoms with E-state index in [0.29, 0.717) is 9.75 Å². The van der Waals surface area contributed by atoms with Crippen LogP contribution in [0.4, 0.5) is 0 Å². The van der Waals surface area contributed by atoms with Gasteiger partial charge < -0.3 is 15.1 Å². The highest BCUT2D eigenvalue weighted by atomic mass is 35.5. The van der Waals surface area contributed by atoms with Gasteiger partial charge in [0.15, 0.2) is 0 Å². The van der Waals surface area contributed by atoms with Crippen molar-refractivity contribution in [3.05, 3.63) is 45.9 Å². The maximum Gasteiger partial charge on any atom is 0.365 e. The quantitative estimate of drug-likeness (QED) is 0.890. The molecule has 1 aromatic heterocycles. The molecule has 0 bridgehead atoms. The van der Waals surface area contributed by atoms with Crippen LogP contribution in [0.5, 0.6) is 11.8 Å². The lowest BCUT2D eigenvalue weighted by atomic mass is 10.2. The molecule has 2 N–H and O–H groups in total. The number of hydrogen-bond acceptors (Lipinski definition) is 4. The molecule has 0 aliphatic rings. The minimum Gasteiger partial charge on any atom is -0.492 e. The highest BCUT2D eigenvalue weighted by Crippen LogP contribution is 2.23. The highest BCUT2D eigenvalue weighted by Gasteiger charge is 2.16. The zero-order chi connectivity index (χ0) is 13.3. The van der Waals surface area contributed by atoms with Crippen molar-refractivity contribution in [1.29, 1.82) is 0 Å². The summed E-state index contributed by atoms with van der Waals surface area (Å²) in [7, 11) is 0. The molecule has 94 valence electrons. The van der Waals surface area contributed by atoms with Crippen LogP contribution in [0.1, 0.15) is 10.4 Å². The monoisotopic (exact) mass is 287 g/mol. The third kappa shape index (κ3) is 2.37. The summed E-state index contributed by atoms with van der Waals surface area (Å²) in [5.41, 5.74) is 0.0635. The summed E-state index contributed by atoms with van der Waals surface area (Å²) in [5, 5.41) is 19.1. The molecule has 5 nitrogen and oxygen atoms in total. The first-order valence-electron chi connectivity index (χ1n) is 4.76. The summed E-state index contributed by atoms with van der Waals surface area (Å²) in [4.78, 5) is 16.5. The van der Waals surface area contributed by atoms with E-state index in [1.807, 2.05) is 0 Å². The number of benzene rings is 1. The second-order valence-electron chi connectivity index (χ2n) is 3.35. The average Bonchev–Trinajstić information content (AvgIpc) is 2.60. The van der Waals surface area contributed by atoms with Crippen molar-refractivity contribution in [3.8, 4) is 11.8 Å². The van der Waals surface area contributed by atoms with Crippen molar-refractivity contribution in [2.45, 2.75) is 0 Å². The number of aromatic nitrogens is 1. The number of carbonyl (C=O) groups excluding carboxylic acids is 1. The van der Waals surface area contributed by atoms with Crippen molar-refractivity contribution < 1.29 is 19.8 Å². The third-order valence-corrected chi connectivity index (χ3v) is 2.67. The lowest BCUT2D eigenvalue weighted by Gasteiger charge is -2.07. The van der Waals surface area contributed by atoms with Crippen LogP contribution in [-0.2, 0) is 0 Å². The molecule has 0 aliphatic heterocycles. The molecule has 0 radical (unpaired) electrons. The van der Waals surface area contributed by atoms with Gasteiger partial charge in [-0.05, 0) is 18.2 Å². The standard InChI is InChI=1S/C11H7Cl2NO4/c12-6-1-2-7(8(13)5-6)11(17)18-14-9(15)3-4-10(14)16/h1-5,15-16H. The normalized spacial score (nSPS) is 10.3. The maximum absolute atomic E-state index is 11.8. The van der Waals surface area contributed by atoms with E-state index in [1.165, 1.54) is 30.3 Å². The number of rotatable bonds is 2. The zero-order valence-corrected chi connectivity index (χ0v) is 10.3. The van der Waals surface area contributed by atoms with Gasteiger partial charge in [0.05, 0.1) is 10.6 Å². The number of aromatic hydroxyl groups is 2. The van der Waals surface area contributed by atoms with Gasteiger partial charge in [0.25, 0.3) is 0 Å². The van der Waals surface area contributed by atoms with Gasteiger partial charge in [-0.25, -0.2) is 4.79 Å². The summed E-state index contributed by atoms with van der Waals surface area (Å²) in [6.07, 6.45) is 0. The first-order chi connectivity index (χ1) is 8.49. The van der Waals surface area contributed by atoms with Crippen LogP contribution in [0.15, 0.2) is 30.3 Å². The number of carbonyl (C=O) groups is 1. The Hall–Kier alpha value is -1.85. The maximum atomic E-state index is 11.8. The minimum atomic E-state index is -0.835. The fourth-order valence-electron chi connectivity index (χ4n) is 1.28. The van der Waals surface area contributed by atoms with Crippen molar-refractivity contribution in [2.24, 2.45) is 0 Å². The van der Waals surface area contributed by atoms with E-state index in [4.69, 9.17) is 28.0 Å².